The van der Waals surface area contributed by atoms with Crippen LogP contribution >= 0.6 is 22.9 Å². The van der Waals surface area contributed by atoms with E-state index in [1.165, 1.54) is 5.56 Å². The first-order valence-corrected chi connectivity index (χ1v) is 3.80. The monoisotopic (exact) mass is 362 g/mol. The van der Waals surface area contributed by atoms with Gasteiger partial charge in [0.15, 0.2) is 12.4 Å². The summed E-state index contributed by atoms with van der Waals surface area (Å²) in [4.78, 5) is 2.96. The third kappa shape index (κ3) is 3.67. The summed E-state index contributed by atoms with van der Waals surface area (Å²) in [5, 5.41) is 0. The van der Waals surface area contributed by atoms with Crippen molar-refractivity contribution in [2.45, 2.75) is 6.54 Å². The van der Waals surface area contributed by atoms with Crippen LogP contribution in [0.4, 0.5) is 0 Å². The fraction of sp³-hybridized carbons (Fsp3) is 0.167. The molecule has 0 saturated carbocycles. The van der Waals surface area contributed by atoms with Crippen LogP contribution in [0, 0.1) is 0 Å². The van der Waals surface area contributed by atoms with Gasteiger partial charge in [0.2, 0.25) is 0 Å². The Bertz CT molecular complexity index is 167. The number of hydrogen-bond donors (Lipinski definition) is 1. The summed E-state index contributed by atoms with van der Waals surface area (Å²) in [6.45, 7) is 0.926. The zero-order valence-corrected chi connectivity index (χ0v) is 9.59. The molecule has 0 saturated heterocycles. The Morgan fingerprint density at radius 2 is 2.00 bits per heavy atom. The smallest absolute Gasteiger partial charge is 0.167 e. The van der Waals surface area contributed by atoms with Crippen LogP contribution < -0.4 is 32.5 Å². The normalized spacial score (nSPS) is 8.50. The van der Waals surface area contributed by atoms with E-state index in [2.05, 4.69) is 31.4 Å². The molecule has 0 spiro atoms. The standard InChI is InChI=1S/C6H7IN2.HI/c7-9-5-6-1-3-8-4-2-6;/h1-4,9H,5H2;1H. The lowest BCUT2D eigenvalue weighted by molar-refractivity contribution is -0.378. The van der Waals surface area contributed by atoms with E-state index in [0.717, 1.165) is 6.54 Å². The Labute approximate surface area is 91.3 Å². The number of rotatable bonds is 2. The number of pyridine rings is 1. The van der Waals surface area contributed by atoms with Crippen molar-refractivity contribution in [2.24, 2.45) is 0 Å². The summed E-state index contributed by atoms with van der Waals surface area (Å²) < 4.78 is 3.04. The molecule has 2 nitrogen and oxygen atoms in total. The quantitative estimate of drug-likeness (QED) is 0.476. The third-order valence-corrected chi connectivity index (χ3v) is 1.44. The lowest BCUT2D eigenvalue weighted by Gasteiger charge is -1.91. The fourth-order valence-corrected chi connectivity index (χ4v) is 1.06. The van der Waals surface area contributed by atoms with E-state index in [4.69, 9.17) is 0 Å². The average Bonchev–Trinajstić information content (AvgIpc) is 1.91. The predicted octanol–water partition coefficient (Wildman–Crippen LogP) is -2.06. The van der Waals surface area contributed by atoms with E-state index in [0.29, 0.717) is 0 Å². The molecule has 10 heavy (non-hydrogen) atoms. The van der Waals surface area contributed by atoms with Crippen LogP contribution in [0.3, 0.4) is 0 Å². The molecule has 4 heteroatoms. The van der Waals surface area contributed by atoms with Crippen molar-refractivity contribution in [2.75, 3.05) is 0 Å². The highest BCUT2D eigenvalue weighted by Crippen LogP contribution is 1.93. The zero-order chi connectivity index (χ0) is 6.53. The molecule has 0 aromatic carbocycles. The summed E-state index contributed by atoms with van der Waals surface area (Å²) in [6.07, 6.45) is 3.84. The van der Waals surface area contributed by atoms with Gasteiger partial charge in [-0.05, 0) is 5.56 Å². The molecule has 0 aliphatic rings. The van der Waals surface area contributed by atoms with E-state index < -0.39 is 0 Å². The number of halogens is 2. The van der Waals surface area contributed by atoms with Gasteiger partial charge in [-0.3, -0.25) is 3.53 Å². The van der Waals surface area contributed by atoms with E-state index in [-0.39, 0.29) is 24.0 Å². The van der Waals surface area contributed by atoms with Gasteiger partial charge in [-0.25, -0.2) is 4.98 Å². The molecule has 0 atom stereocenters. The van der Waals surface area contributed by atoms with E-state index >= 15 is 0 Å². The molecule has 56 valence electrons. The minimum absolute atomic E-state index is 0. The first-order chi connectivity index (χ1) is 4.43. The second-order valence-electron chi connectivity index (χ2n) is 1.72. The number of aromatic nitrogens is 1. The van der Waals surface area contributed by atoms with Gasteiger partial charge in [0.1, 0.15) is 0 Å². The summed E-state index contributed by atoms with van der Waals surface area (Å²) >= 11 is 2.13. The van der Waals surface area contributed by atoms with Crippen molar-refractivity contribution in [3.05, 3.63) is 30.1 Å². The number of hydrogen-bond acceptors (Lipinski definition) is 1. The van der Waals surface area contributed by atoms with E-state index in [1.807, 2.05) is 24.5 Å². The minimum Gasteiger partial charge on any atom is -1.00 e. The van der Waals surface area contributed by atoms with Gasteiger partial charge < -0.3 is 24.0 Å². The summed E-state index contributed by atoms with van der Waals surface area (Å²) in [5.41, 5.74) is 1.29. The molecule has 0 aliphatic heterocycles. The number of nitrogens with one attached hydrogen (secondary N) is 2. The summed E-state index contributed by atoms with van der Waals surface area (Å²) in [7, 11) is 0. The molecule has 0 radical (unpaired) electrons. The summed E-state index contributed by atoms with van der Waals surface area (Å²) in [6, 6.07) is 4.09. The second kappa shape index (κ2) is 6.29. The first-order valence-electron chi connectivity index (χ1n) is 2.72. The van der Waals surface area contributed by atoms with Gasteiger partial charge in [-0.1, -0.05) is 0 Å². The van der Waals surface area contributed by atoms with E-state index in [1.54, 1.807) is 0 Å². The molecular formula is C6H8I2N2. The Morgan fingerprint density at radius 3 is 2.50 bits per heavy atom. The number of H-pyrrole nitrogens is 1. The summed E-state index contributed by atoms with van der Waals surface area (Å²) in [5.74, 6) is 0. The van der Waals surface area contributed by atoms with Crippen LogP contribution in [-0.4, -0.2) is 0 Å². The van der Waals surface area contributed by atoms with Crippen molar-refractivity contribution in [1.82, 2.24) is 3.53 Å². The van der Waals surface area contributed by atoms with Crippen molar-refractivity contribution in [3.63, 3.8) is 0 Å². The van der Waals surface area contributed by atoms with Crippen molar-refractivity contribution >= 4 is 22.9 Å². The van der Waals surface area contributed by atoms with Crippen LogP contribution in [0.2, 0.25) is 0 Å². The Balaban J connectivity index is 0.000000810. The van der Waals surface area contributed by atoms with Gasteiger partial charge in [0.25, 0.3) is 0 Å². The predicted molar refractivity (Wildman–Crippen MR) is 43.9 cm³/mol. The highest BCUT2D eigenvalue weighted by atomic mass is 127. The molecule has 0 amide bonds. The molecule has 2 N–H and O–H groups in total. The maximum Gasteiger partial charge on any atom is 0.167 e. The molecule has 0 fully saturated rings. The highest BCUT2D eigenvalue weighted by molar-refractivity contribution is 14.1. The van der Waals surface area contributed by atoms with Crippen LogP contribution in [-0.2, 0) is 6.54 Å². The topological polar surface area (TPSA) is 26.2 Å². The molecular weight excluding hydrogens is 354 g/mol. The Hall–Kier alpha value is 0.570. The van der Waals surface area contributed by atoms with Crippen LogP contribution in [0.25, 0.3) is 0 Å². The molecule has 1 heterocycles. The maximum atomic E-state index is 3.04. The molecule has 1 rings (SSSR count). The molecule has 1 aromatic heterocycles. The number of aromatic amines is 1. The minimum atomic E-state index is 0. The fourth-order valence-electron chi connectivity index (χ4n) is 0.616. The van der Waals surface area contributed by atoms with Gasteiger partial charge in [0, 0.05) is 41.5 Å². The third-order valence-electron chi connectivity index (χ3n) is 1.06. The van der Waals surface area contributed by atoms with E-state index in [9.17, 15) is 0 Å². The zero-order valence-electron chi connectivity index (χ0n) is 5.27. The molecule has 0 aliphatic carbocycles. The first kappa shape index (κ1) is 10.6. The van der Waals surface area contributed by atoms with Gasteiger partial charge in [-0.2, -0.15) is 0 Å². The van der Waals surface area contributed by atoms with Crippen LogP contribution in [0.15, 0.2) is 24.5 Å². The molecule has 1 aromatic rings. The van der Waals surface area contributed by atoms with Crippen LogP contribution in [0.1, 0.15) is 5.56 Å². The van der Waals surface area contributed by atoms with Crippen molar-refractivity contribution < 1.29 is 29.0 Å². The lowest BCUT2D eigenvalue weighted by atomic mass is 10.3. The Kier molecular flexibility index (Phi) is 6.65. The molecule has 0 unspecified atom stereocenters. The lowest BCUT2D eigenvalue weighted by Crippen LogP contribution is -3.00. The average molecular weight is 362 g/mol. The SMILES string of the molecule is INCc1cc[nH+]cc1.[I-]. The largest absolute Gasteiger partial charge is 1.00 e. The van der Waals surface area contributed by atoms with Gasteiger partial charge in [0.05, 0.1) is 0 Å². The highest BCUT2D eigenvalue weighted by Gasteiger charge is 1.88. The van der Waals surface area contributed by atoms with Crippen molar-refractivity contribution in [3.8, 4) is 0 Å². The molecule has 0 bridgehead atoms. The second-order valence-corrected chi connectivity index (χ2v) is 2.48. The Morgan fingerprint density at radius 1 is 1.40 bits per heavy atom. The van der Waals surface area contributed by atoms with Crippen LogP contribution in [0.5, 0.6) is 0 Å². The van der Waals surface area contributed by atoms with Gasteiger partial charge >= 0.3 is 0 Å². The van der Waals surface area contributed by atoms with Crippen molar-refractivity contribution in [1.29, 1.82) is 0 Å². The maximum absolute atomic E-state index is 3.04. The van der Waals surface area contributed by atoms with Gasteiger partial charge in [-0.15, -0.1) is 0 Å².